The Labute approximate surface area is 173 Å². The number of sulfonamides is 1. The number of hydrogen-bond acceptors (Lipinski definition) is 6. The summed E-state index contributed by atoms with van der Waals surface area (Å²) in [6.07, 6.45) is 3.50. The number of nitrogens with one attached hydrogen (secondary N) is 1. The molecule has 0 unspecified atom stereocenters. The van der Waals surface area contributed by atoms with Gasteiger partial charge in [-0.3, -0.25) is 4.98 Å². The van der Waals surface area contributed by atoms with Gasteiger partial charge in [0.25, 0.3) is 0 Å². The van der Waals surface area contributed by atoms with Crippen LogP contribution in [0.1, 0.15) is 31.3 Å². The minimum absolute atomic E-state index is 0.151. The average Bonchev–Trinajstić information content (AvgIpc) is 3.10. The predicted molar refractivity (Wildman–Crippen MR) is 110 cm³/mol. The molecule has 0 radical (unpaired) electrons. The van der Waals surface area contributed by atoms with E-state index in [2.05, 4.69) is 19.9 Å². The largest absolute Gasteiger partial charge is 0.305 e. The molecule has 0 bridgehead atoms. The van der Waals surface area contributed by atoms with Gasteiger partial charge in [0.05, 0.1) is 10.9 Å². The molecule has 0 aliphatic heterocycles. The number of rotatable bonds is 8. The van der Waals surface area contributed by atoms with E-state index in [9.17, 15) is 8.42 Å². The van der Waals surface area contributed by atoms with Crippen molar-refractivity contribution < 1.29 is 8.42 Å². The summed E-state index contributed by atoms with van der Waals surface area (Å²) in [5, 5.41) is 9.69. The molecule has 0 aliphatic carbocycles. The highest BCUT2D eigenvalue weighted by atomic mass is 35.5. The fraction of sp³-hybridized carbons (Fsp3) is 0.278. The van der Waals surface area contributed by atoms with Crippen molar-refractivity contribution in [2.24, 2.45) is 0 Å². The van der Waals surface area contributed by atoms with Gasteiger partial charge in [0.2, 0.25) is 10.0 Å². The van der Waals surface area contributed by atoms with Gasteiger partial charge < -0.3 is 4.57 Å². The maximum absolute atomic E-state index is 12.6. The summed E-state index contributed by atoms with van der Waals surface area (Å²) in [4.78, 5) is 4.16. The SMILES string of the molecule is CCn1c(SCc2ccncc2)nnc1[C@@H](C)NS(=O)(=O)c1ccc(Cl)cc1. The van der Waals surface area contributed by atoms with Crippen molar-refractivity contribution in [3.8, 4) is 0 Å². The number of pyridine rings is 1. The summed E-state index contributed by atoms with van der Waals surface area (Å²) in [7, 11) is -3.70. The Morgan fingerprint density at radius 2 is 1.82 bits per heavy atom. The summed E-state index contributed by atoms with van der Waals surface area (Å²) < 4.78 is 29.8. The number of benzene rings is 1. The van der Waals surface area contributed by atoms with Crippen LogP contribution < -0.4 is 4.72 Å². The van der Waals surface area contributed by atoms with Crippen molar-refractivity contribution in [1.82, 2.24) is 24.5 Å². The Hall–Kier alpha value is -1.94. The smallest absolute Gasteiger partial charge is 0.241 e. The lowest BCUT2D eigenvalue weighted by Crippen LogP contribution is -2.29. The molecule has 0 saturated carbocycles. The predicted octanol–water partition coefficient (Wildman–Crippen LogP) is 3.68. The third-order valence-electron chi connectivity index (χ3n) is 4.02. The molecule has 0 amide bonds. The summed E-state index contributed by atoms with van der Waals surface area (Å²) in [6.45, 7) is 4.36. The third kappa shape index (κ3) is 4.91. The molecule has 3 aromatic rings. The van der Waals surface area contributed by atoms with E-state index < -0.39 is 16.1 Å². The van der Waals surface area contributed by atoms with Gasteiger partial charge in [-0.15, -0.1) is 10.2 Å². The third-order valence-corrected chi connectivity index (χ3v) is 6.87. The second-order valence-electron chi connectivity index (χ2n) is 6.03. The van der Waals surface area contributed by atoms with Gasteiger partial charge >= 0.3 is 0 Å². The Kier molecular flexibility index (Phi) is 6.71. The molecule has 28 heavy (non-hydrogen) atoms. The van der Waals surface area contributed by atoms with Gasteiger partial charge in [0, 0.05) is 29.7 Å². The first-order chi connectivity index (χ1) is 13.4. The van der Waals surface area contributed by atoms with E-state index in [1.165, 1.54) is 12.1 Å². The lowest BCUT2D eigenvalue weighted by atomic mass is 10.3. The second kappa shape index (κ2) is 9.04. The molecule has 2 heterocycles. The van der Waals surface area contributed by atoms with Crippen LogP contribution in [0.3, 0.4) is 0 Å². The van der Waals surface area contributed by atoms with Gasteiger partial charge in [-0.1, -0.05) is 23.4 Å². The average molecular weight is 438 g/mol. The number of thioether (sulfide) groups is 1. The van der Waals surface area contributed by atoms with Crippen LogP contribution in [-0.4, -0.2) is 28.2 Å². The van der Waals surface area contributed by atoms with E-state index >= 15 is 0 Å². The zero-order valence-corrected chi connectivity index (χ0v) is 17.8. The molecule has 0 fully saturated rings. The second-order valence-corrected chi connectivity index (χ2v) is 9.12. The minimum atomic E-state index is -3.70. The van der Waals surface area contributed by atoms with Gasteiger partial charge in [0.15, 0.2) is 11.0 Å². The van der Waals surface area contributed by atoms with Crippen LogP contribution in [0.5, 0.6) is 0 Å². The van der Waals surface area contributed by atoms with Crippen LogP contribution in [0, 0.1) is 0 Å². The Bertz CT molecular complexity index is 1020. The molecule has 3 rings (SSSR count). The summed E-state index contributed by atoms with van der Waals surface area (Å²) in [6, 6.07) is 9.39. The molecule has 10 heteroatoms. The molecule has 148 valence electrons. The monoisotopic (exact) mass is 437 g/mol. The van der Waals surface area contributed by atoms with Crippen LogP contribution in [0.2, 0.25) is 5.02 Å². The lowest BCUT2D eigenvalue weighted by molar-refractivity contribution is 0.539. The number of hydrogen-bond donors (Lipinski definition) is 1. The van der Waals surface area contributed by atoms with Crippen molar-refractivity contribution in [3.05, 3.63) is 65.2 Å². The van der Waals surface area contributed by atoms with E-state index in [0.717, 1.165) is 16.5 Å². The molecule has 0 saturated heterocycles. The molecule has 0 spiro atoms. The molecule has 7 nitrogen and oxygen atoms in total. The standard InChI is InChI=1S/C18H20ClN5O2S2/c1-3-24-17(21-22-18(24)27-12-14-8-10-20-11-9-14)13(2)23-28(25,26)16-6-4-15(19)5-7-16/h4-11,13,23H,3,12H2,1-2H3/t13-/m1/s1. The van der Waals surface area contributed by atoms with E-state index in [4.69, 9.17) is 11.6 Å². The number of nitrogens with zero attached hydrogens (tertiary/aromatic N) is 4. The molecule has 1 atom stereocenters. The van der Waals surface area contributed by atoms with Gasteiger partial charge in [0.1, 0.15) is 0 Å². The van der Waals surface area contributed by atoms with Crippen molar-refractivity contribution >= 4 is 33.4 Å². The fourth-order valence-electron chi connectivity index (χ4n) is 2.62. The summed E-state index contributed by atoms with van der Waals surface area (Å²) in [5.74, 6) is 1.29. The first-order valence-corrected chi connectivity index (χ1v) is 11.5. The molecular weight excluding hydrogens is 418 g/mol. The van der Waals surface area contributed by atoms with Crippen LogP contribution >= 0.6 is 23.4 Å². The maximum atomic E-state index is 12.6. The maximum Gasteiger partial charge on any atom is 0.241 e. The highest BCUT2D eigenvalue weighted by Crippen LogP contribution is 2.25. The quantitative estimate of drug-likeness (QED) is 0.540. The Balaban J connectivity index is 1.75. The van der Waals surface area contributed by atoms with E-state index in [-0.39, 0.29) is 4.90 Å². The normalized spacial score (nSPS) is 12.8. The summed E-state index contributed by atoms with van der Waals surface area (Å²) >= 11 is 7.39. The van der Waals surface area contributed by atoms with Crippen LogP contribution in [0.15, 0.2) is 58.8 Å². The first kappa shape index (κ1) is 20.8. The molecular formula is C18H20ClN5O2S2. The van der Waals surface area contributed by atoms with Crippen LogP contribution in [0.4, 0.5) is 0 Å². The van der Waals surface area contributed by atoms with E-state index in [0.29, 0.717) is 17.4 Å². The Morgan fingerprint density at radius 3 is 2.46 bits per heavy atom. The zero-order valence-electron chi connectivity index (χ0n) is 15.4. The Morgan fingerprint density at radius 1 is 1.14 bits per heavy atom. The topological polar surface area (TPSA) is 89.8 Å². The summed E-state index contributed by atoms with van der Waals surface area (Å²) in [5.41, 5.74) is 1.13. The van der Waals surface area contributed by atoms with Gasteiger partial charge in [-0.05, 0) is 55.8 Å². The minimum Gasteiger partial charge on any atom is -0.305 e. The van der Waals surface area contributed by atoms with Crippen molar-refractivity contribution in [2.45, 2.75) is 42.2 Å². The van der Waals surface area contributed by atoms with Gasteiger partial charge in [-0.25, -0.2) is 13.1 Å². The molecule has 1 N–H and O–H groups in total. The first-order valence-electron chi connectivity index (χ1n) is 8.63. The zero-order chi connectivity index (χ0) is 20.1. The van der Waals surface area contributed by atoms with Crippen molar-refractivity contribution in [2.75, 3.05) is 0 Å². The highest BCUT2D eigenvalue weighted by molar-refractivity contribution is 7.98. The van der Waals surface area contributed by atoms with Crippen LogP contribution in [-0.2, 0) is 22.3 Å². The van der Waals surface area contributed by atoms with Gasteiger partial charge in [-0.2, -0.15) is 0 Å². The number of halogens is 1. The lowest BCUT2D eigenvalue weighted by Gasteiger charge is -2.15. The number of aromatic nitrogens is 4. The van der Waals surface area contributed by atoms with Crippen molar-refractivity contribution in [1.29, 1.82) is 0 Å². The molecule has 0 aliphatic rings. The molecule has 1 aromatic carbocycles. The highest BCUT2D eigenvalue weighted by Gasteiger charge is 2.23. The van der Waals surface area contributed by atoms with E-state index in [1.54, 1.807) is 43.2 Å². The molecule has 2 aromatic heterocycles. The van der Waals surface area contributed by atoms with E-state index in [1.807, 2.05) is 23.6 Å². The fourth-order valence-corrected chi connectivity index (χ4v) is 4.91. The van der Waals surface area contributed by atoms with Crippen molar-refractivity contribution in [3.63, 3.8) is 0 Å². The van der Waals surface area contributed by atoms with Crippen LogP contribution in [0.25, 0.3) is 0 Å².